The Balaban J connectivity index is 1.57. The number of nitrogens with zero attached hydrogens (tertiary/aromatic N) is 2. The molecule has 2 fully saturated rings. The number of imide groups is 1. The second-order valence-corrected chi connectivity index (χ2v) is 5.77. The van der Waals surface area contributed by atoms with Gasteiger partial charge in [-0.15, -0.1) is 0 Å². The fourth-order valence-corrected chi connectivity index (χ4v) is 3.07. The van der Waals surface area contributed by atoms with Crippen LogP contribution in [0.25, 0.3) is 0 Å². The molecule has 128 valence electrons. The van der Waals surface area contributed by atoms with E-state index in [2.05, 4.69) is 10.6 Å². The predicted octanol–water partition coefficient (Wildman–Crippen LogP) is 1.24. The van der Waals surface area contributed by atoms with Crippen LogP contribution < -0.4 is 15.4 Å². The quantitative estimate of drug-likeness (QED) is 0.815. The molecule has 8 heteroatoms. The van der Waals surface area contributed by atoms with Crippen molar-refractivity contribution in [2.45, 2.75) is 18.9 Å². The first-order chi connectivity index (χ1) is 11.6. The van der Waals surface area contributed by atoms with Gasteiger partial charge in [0.15, 0.2) is 0 Å². The van der Waals surface area contributed by atoms with Crippen LogP contribution in [0.4, 0.5) is 15.3 Å². The van der Waals surface area contributed by atoms with E-state index in [1.165, 1.54) is 4.90 Å². The van der Waals surface area contributed by atoms with Crippen molar-refractivity contribution < 1.29 is 19.1 Å². The molecule has 0 saturated carbocycles. The van der Waals surface area contributed by atoms with E-state index in [1.54, 1.807) is 24.1 Å². The molecule has 3 rings (SSSR count). The van der Waals surface area contributed by atoms with Gasteiger partial charge in [-0.1, -0.05) is 12.1 Å². The smallest absolute Gasteiger partial charge is 0.324 e. The molecule has 2 aliphatic heterocycles. The first-order valence-electron chi connectivity index (χ1n) is 7.89. The van der Waals surface area contributed by atoms with Gasteiger partial charge < -0.3 is 20.3 Å². The molecule has 0 spiro atoms. The number of rotatable bonds is 3. The number of hydrogen-bond acceptors (Lipinski definition) is 4. The average Bonchev–Trinajstić information content (AvgIpc) is 2.94. The minimum Gasteiger partial charge on any atom is -0.495 e. The van der Waals surface area contributed by atoms with Crippen molar-refractivity contribution in [2.75, 3.05) is 32.1 Å². The molecule has 0 bridgehead atoms. The highest BCUT2D eigenvalue weighted by Crippen LogP contribution is 2.24. The summed E-state index contributed by atoms with van der Waals surface area (Å²) in [6.07, 6.45) is 1.16. The lowest BCUT2D eigenvalue weighted by Crippen LogP contribution is -2.49. The van der Waals surface area contributed by atoms with Crippen molar-refractivity contribution in [3.05, 3.63) is 24.3 Å². The highest BCUT2D eigenvalue weighted by Gasteiger charge is 2.37. The highest BCUT2D eigenvalue weighted by molar-refractivity contribution is 6.02. The Morgan fingerprint density at radius 2 is 1.96 bits per heavy atom. The number of amides is 5. The van der Waals surface area contributed by atoms with Gasteiger partial charge in [-0.2, -0.15) is 0 Å². The molecule has 2 saturated heterocycles. The summed E-state index contributed by atoms with van der Waals surface area (Å²) in [7, 11) is 1.55. The van der Waals surface area contributed by atoms with Crippen LogP contribution in [-0.2, 0) is 4.79 Å². The summed E-state index contributed by atoms with van der Waals surface area (Å²) in [4.78, 5) is 38.8. The Morgan fingerprint density at radius 3 is 2.58 bits per heavy atom. The normalized spacial score (nSPS) is 18.5. The van der Waals surface area contributed by atoms with Crippen molar-refractivity contribution in [3.8, 4) is 5.75 Å². The summed E-state index contributed by atoms with van der Waals surface area (Å²) < 4.78 is 5.22. The Hall–Kier alpha value is -2.77. The van der Waals surface area contributed by atoms with Gasteiger partial charge in [0.05, 0.1) is 19.3 Å². The second kappa shape index (κ2) is 6.77. The highest BCUT2D eigenvalue weighted by atomic mass is 16.5. The molecule has 2 heterocycles. The number of carbonyl (C=O) groups excluding carboxylic acids is 3. The van der Waals surface area contributed by atoms with E-state index in [4.69, 9.17) is 4.74 Å². The summed E-state index contributed by atoms with van der Waals surface area (Å²) in [5, 5.41) is 5.36. The lowest BCUT2D eigenvalue weighted by atomic mass is 10.0. The largest absolute Gasteiger partial charge is 0.495 e. The van der Waals surface area contributed by atoms with Gasteiger partial charge in [0.25, 0.3) is 0 Å². The molecule has 0 aliphatic carbocycles. The lowest BCUT2D eigenvalue weighted by Gasteiger charge is -2.35. The van der Waals surface area contributed by atoms with Crippen LogP contribution in [0.1, 0.15) is 12.8 Å². The van der Waals surface area contributed by atoms with Crippen LogP contribution in [0.15, 0.2) is 24.3 Å². The molecule has 2 aliphatic rings. The molecule has 0 aromatic heterocycles. The third kappa shape index (κ3) is 3.12. The monoisotopic (exact) mass is 332 g/mol. The van der Waals surface area contributed by atoms with Crippen molar-refractivity contribution in [1.29, 1.82) is 0 Å². The molecule has 8 nitrogen and oxygen atoms in total. The van der Waals surface area contributed by atoms with E-state index >= 15 is 0 Å². The molecule has 1 aromatic carbocycles. The Morgan fingerprint density at radius 1 is 1.25 bits per heavy atom. The minimum absolute atomic E-state index is 0.0628. The zero-order valence-corrected chi connectivity index (χ0v) is 13.4. The molecule has 1 aromatic rings. The summed E-state index contributed by atoms with van der Waals surface area (Å²) in [6, 6.07) is 6.51. The number of nitrogens with one attached hydrogen (secondary N) is 2. The van der Waals surface area contributed by atoms with E-state index in [0.717, 1.165) is 0 Å². The van der Waals surface area contributed by atoms with Crippen molar-refractivity contribution in [3.63, 3.8) is 0 Å². The molecule has 5 amide bonds. The number of para-hydroxylation sites is 2. The van der Waals surface area contributed by atoms with Crippen LogP contribution in [0.5, 0.6) is 5.75 Å². The van der Waals surface area contributed by atoms with Crippen LogP contribution in [0, 0.1) is 0 Å². The molecule has 2 N–H and O–H groups in total. The third-order valence-corrected chi connectivity index (χ3v) is 4.34. The number of ether oxygens (including phenoxy) is 1. The summed E-state index contributed by atoms with van der Waals surface area (Å²) in [5.74, 6) is 0.400. The number of anilines is 1. The Kier molecular flexibility index (Phi) is 4.54. The van der Waals surface area contributed by atoms with Gasteiger partial charge in [-0.25, -0.2) is 9.59 Å². The van der Waals surface area contributed by atoms with E-state index < -0.39 is 0 Å². The van der Waals surface area contributed by atoms with Crippen molar-refractivity contribution in [1.82, 2.24) is 15.1 Å². The maximum Gasteiger partial charge on any atom is 0.324 e. The van der Waals surface area contributed by atoms with Gasteiger partial charge in [0.2, 0.25) is 5.91 Å². The molecule has 24 heavy (non-hydrogen) atoms. The molecular weight excluding hydrogens is 312 g/mol. The number of hydrogen-bond donors (Lipinski definition) is 2. The number of urea groups is 2. The zero-order chi connectivity index (χ0) is 17.1. The van der Waals surface area contributed by atoms with Crippen LogP contribution in [0.2, 0.25) is 0 Å². The fourth-order valence-electron chi connectivity index (χ4n) is 3.07. The van der Waals surface area contributed by atoms with Gasteiger partial charge >= 0.3 is 12.1 Å². The molecular formula is C16H20N4O4. The summed E-state index contributed by atoms with van der Waals surface area (Å²) >= 11 is 0. The summed E-state index contributed by atoms with van der Waals surface area (Å²) in [5.41, 5.74) is 0.612. The number of piperidine rings is 1. The van der Waals surface area contributed by atoms with Gasteiger partial charge in [0.1, 0.15) is 5.75 Å². The van der Waals surface area contributed by atoms with Crippen molar-refractivity contribution in [2.24, 2.45) is 0 Å². The van der Waals surface area contributed by atoms with E-state index in [9.17, 15) is 14.4 Å². The van der Waals surface area contributed by atoms with E-state index in [-0.39, 0.29) is 30.6 Å². The van der Waals surface area contributed by atoms with Gasteiger partial charge in [0, 0.05) is 19.1 Å². The number of methoxy groups -OCH3 is 1. The Labute approximate surface area is 139 Å². The lowest BCUT2D eigenvalue weighted by molar-refractivity contribution is -0.127. The third-order valence-electron chi connectivity index (χ3n) is 4.34. The van der Waals surface area contributed by atoms with Crippen LogP contribution in [-0.4, -0.2) is 60.6 Å². The van der Waals surface area contributed by atoms with Gasteiger partial charge in [-0.3, -0.25) is 9.69 Å². The second-order valence-electron chi connectivity index (χ2n) is 5.77. The Bertz CT molecular complexity index is 639. The first kappa shape index (κ1) is 16.1. The molecule has 0 atom stereocenters. The standard InChI is InChI=1S/C16H20N4O4/c1-24-13-5-3-2-4-12(13)18-16(23)19-8-6-11(7-9-19)20-14(21)10-17-15(20)22/h2-5,11H,6-10H2,1H3,(H,17,22)(H,18,23). The predicted molar refractivity (Wildman–Crippen MR) is 86.9 cm³/mol. The summed E-state index contributed by atoms with van der Waals surface area (Å²) in [6.45, 7) is 1.04. The number of carbonyl (C=O) groups is 3. The average molecular weight is 332 g/mol. The van der Waals surface area contributed by atoms with E-state index in [1.807, 2.05) is 12.1 Å². The zero-order valence-electron chi connectivity index (χ0n) is 13.4. The SMILES string of the molecule is COc1ccccc1NC(=O)N1CCC(N2C(=O)CNC2=O)CC1. The van der Waals surface area contributed by atoms with Gasteiger partial charge in [-0.05, 0) is 25.0 Å². The van der Waals surface area contributed by atoms with Crippen LogP contribution in [0.3, 0.4) is 0 Å². The molecule has 0 radical (unpaired) electrons. The molecule has 0 unspecified atom stereocenters. The van der Waals surface area contributed by atoms with Crippen molar-refractivity contribution >= 4 is 23.7 Å². The van der Waals surface area contributed by atoms with Crippen LogP contribution >= 0.6 is 0 Å². The minimum atomic E-state index is -0.336. The topological polar surface area (TPSA) is 91.0 Å². The number of benzene rings is 1. The number of likely N-dealkylation sites (tertiary alicyclic amines) is 1. The maximum absolute atomic E-state index is 12.4. The fraction of sp³-hybridized carbons (Fsp3) is 0.438. The van der Waals surface area contributed by atoms with E-state index in [0.29, 0.717) is 37.4 Å². The maximum atomic E-state index is 12.4. The first-order valence-corrected chi connectivity index (χ1v) is 7.89.